The van der Waals surface area contributed by atoms with E-state index in [2.05, 4.69) is 35.2 Å². The Bertz CT molecular complexity index is 642. The van der Waals surface area contributed by atoms with E-state index >= 15 is 0 Å². The first-order chi connectivity index (χ1) is 12.9. The van der Waals surface area contributed by atoms with Gasteiger partial charge in [-0.2, -0.15) is 0 Å². The SMILES string of the molecule is CN(C)CCN(C)C(=O)CC1(c2ccccc2)C2CC3CC1CC(C2)C3O. The van der Waals surface area contributed by atoms with E-state index in [4.69, 9.17) is 0 Å². The number of hydrogen-bond acceptors (Lipinski definition) is 3. The average Bonchev–Trinajstić information content (AvgIpc) is 2.65. The van der Waals surface area contributed by atoms with Gasteiger partial charge in [0, 0.05) is 32.0 Å². The van der Waals surface area contributed by atoms with Crippen LogP contribution in [0.2, 0.25) is 0 Å². The maximum atomic E-state index is 13.2. The Balaban J connectivity index is 1.63. The van der Waals surface area contributed by atoms with E-state index in [1.807, 2.05) is 26.0 Å². The van der Waals surface area contributed by atoms with Crippen LogP contribution in [0, 0.1) is 23.7 Å². The number of nitrogens with zero attached hydrogens (tertiary/aromatic N) is 2. The molecule has 148 valence electrons. The summed E-state index contributed by atoms with van der Waals surface area (Å²) in [6.07, 6.45) is 4.83. The van der Waals surface area contributed by atoms with Gasteiger partial charge >= 0.3 is 0 Å². The zero-order valence-electron chi connectivity index (χ0n) is 17.0. The number of benzene rings is 1. The lowest BCUT2D eigenvalue weighted by Gasteiger charge is -2.63. The van der Waals surface area contributed by atoms with Gasteiger partial charge in [-0.1, -0.05) is 30.3 Å². The van der Waals surface area contributed by atoms with E-state index in [0.29, 0.717) is 30.1 Å². The second-order valence-electron chi connectivity index (χ2n) is 9.55. The molecular formula is C23H34N2O2. The number of aliphatic hydroxyl groups is 1. The summed E-state index contributed by atoms with van der Waals surface area (Å²) in [7, 11) is 6.05. The maximum absolute atomic E-state index is 13.2. The monoisotopic (exact) mass is 370 g/mol. The zero-order chi connectivity index (χ0) is 19.2. The number of carbonyl (C=O) groups excluding carboxylic acids is 1. The van der Waals surface area contributed by atoms with Crippen LogP contribution in [0.25, 0.3) is 0 Å². The Hall–Kier alpha value is -1.39. The van der Waals surface area contributed by atoms with E-state index in [0.717, 1.165) is 38.8 Å². The fourth-order valence-electron chi connectivity index (χ4n) is 6.43. The molecule has 0 unspecified atom stereocenters. The number of aliphatic hydroxyl groups excluding tert-OH is 1. The Morgan fingerprint density at radius 3 is 2.07 bits per heavy atom. The molecule has 27 heavy (non-hydrogen) atoms. The highest BCUT2D eigenvalue weighted by Crippen LogP contribution is 2.64. The van der Waals surface area contributed by atoms with Gasteiger partial charge in [0.1, 0.15) is 0 Å². The predicted molar refractivity (Wildman–Crippen MR) is 107 cm³/mol. The molecule has 1 N–H and O–H groups in total. The van der Waals surface area contributed by atoms with Crippen LogP contribution in [-0.4, -0.2) is 61.2 Å². The van der Waals surface area contributed by atoms with Gasteiger partial charge in [-0.25, -0.2) is 0 Å². The fourth-order valence-corrected chi connectivity index (χ4v) is 6.43. The molecule has 4 aliphatic rings. The summed E-state index contributed by atoms with van der Waals surface area (Å²) >= 11 is 0. The molecule has 4 heteroatoms. The summed E-state index contributed by atoms with van der Waals surface area (Å²) in [5.74, 6) is 2.22. The number of rotatable bonds is 6. The third-order valence-electron chi connectivity index (χ3n) is 7.84. The molecule has 4 fully saturated rings. The highest BCUT2D eigenvalue weighted by molar-refractivity contribution is 5.78. The van der Waals surface area contributed by atoms with Crippen molar-refractivity contribution >= 4 is 5.91 Å². The molecule has 0 spiro atoms. The van der Waals surface area contributed by atoms with Crippen molar-refractivity contribution < 1.29 is 9.90 Å². The Morgan fingerprint density at radius 1 is 1.00 bits per heavy atom. The van der Waals surface area contributed by atoms with Crippen molar-refractivity contribution in [3.8, 4) is 0 Å². The summed E-state index contributed by atoms with van der Waals surface area (Å²) in [6.45, 7) is 1.67. The quantitative estimate of drug-likeness (QED) is 0.837. The van der Waals surface area contributed by atoms with Crippen LogP contribution in [0.4, 0.5) is 0 Å². The van der Waals surface area contributed by atoms with Gasteiger partial charge in [0.25, 0.3) is 0 Å². The smallest absolute Gasteiger partial charge is 0.223 e. The Kier molecular flexibility index (Phi) is 5.06. The first-order valence-corrected chi connectivity index (χ1v) is 10.5. The highest BCUT2D eigenvalue weighted by atomic mass is 16.3. The van der Waals surface area contributed by atoms with E-state index < -0.39 is 0 Å². The lowest BCUT2D eigenvalue weighted by molar-refractivity contribution is -0.152. The summed E-state index contributed by atoms with van der Waals surface area (Å²) in [5.41, 5.74) is 1.31. The van der Waals surface area contributed by atoms with Crippen molar-refractivity contribution in [1.29, 1.82) is 0 Å². The molecule has 4 saturated carbocycles. The molecule has 4 bridgehead atoms. The molecule has 5 rings (SSSR count). The molecule has 0 atom stereocenters. The number of carbonyl (C=O) groups is 1. The molecule has 4 aliphatic carbocycles. The summed E-state index contributed by atoms with van der Waals surface area (Å²) in [5, 5.41) is 10.6. The lowest BCUT2D eigenvalue weighted by Crippen LogP contribution is -2.61. The van der Waals surface area contributed by atoms with Gasteiger partial charge in [0.2, 0.25) is 5.91 Å². The third kappa shape index (κ3) is 3.21. The minimum atomic E-state index is -0.107. The van der Waals surface area contributed by atoms with Crippen LogP contribution >= 0.6 is 0 Å². The molecule has 1 amide bonds. The number of likely N-dealkylation sites (N-methyl/N-ethyl adjacent to an activating group) is 2. The molecule has 0 radical (unpaired) electrons. The van der Waals surface area contributed by atoms with Crippen molar-refractivity contribution in [2.45, 2.75) is 43.6 Å². The van der Waals surface area contributed by atoms with Crippen LogP contribution in [-0.2, 0) is 10.2 Å². The molecule has 0 heterocycles. The second kappa shape index (κ2) is 7.21. The molecule has 0 saturated heterocycles. The van der Waals surface area contributed by atoms with Gasteiger partial charge in [0.05, 0.1) is 6.10 Å². The summed E-state index contributed by atoms with van der Waals surface area (Å²) in [4.78, 5) is 17.3. The van der Waals surface area contributed by atoms with Crippen molar-refractivity contribution in [3.05, 3.63) is 35.9 Å². The topological polar surface area (TPSA) is 43.8 Å². The first kappa shape index (κ1) is 18.9. The molecule has 1 aromatic rings. The highest BCUT2D eigenvalue weighted by Gasteiger charge is 2.61. The maximum Gasteiger partial charge on any atom is 0.223 e. The second-order valence-corrected chi connectivity index (χ2v) is 9.55. The van der Waals surface area contributed by atoms with Crippen LogP contribution in [0.5, 0.6) is 0 Å². The number of hydrogen-bond donors (Lipinski definition) is 1. The predicted octanol–water partition coefficient (Wildman–Crippen LogP) is 2.76. The van der Waals surface area contributed by atoms with Crippen molar-refractivity contribution in [2.75, 3.05) is 34.2 Å². The first-order valence-electron chi connectivity index (χ1n) is 10.5. The van der Waals surface area contributed by atoms with Crippen molar-refractivity contribution in [1.82, 2.24) is 9.80 Å². The Morgan fingerprint density at radius 2 is 1.56 bits per heavy atom. The van der Waals surface area contributed by atoms with Crippen LogP contribution in [0.3, 0.4) is 0 Å². The largest absolute Gasteiger partial charge is 0.393 e. The van der Waals surface area contributed by atoms with E-state index in [9.17, 15) is 9.90 Å². The van der Waals surface area contributed by atoms with Crippen LogP contribution in [0.15, 0.2) is 30.3 Å². The minimum Gasteiger partial charge on any atom is -0.393 e. The molecule has 1 aromatic carbocycles. The van der Waals surface area contributed by atoms with Gasteiger partial charge in [-0.3, -0.25) is 4.79 Å². The normalized spacial score (nSPS) is 37.0. The van der Waals surface area contributed by atoms with Crippen LogP contribution < -0.4 is 0 Å². The summed E-state index contributed by atoms with van der Waals surface area (Å²) in [6, 6.07) is 10.8. The molecular weight excluding hydrogens is 336 g/mol. The lowest BCUT2D eigenvalue weighted by atomic mass is 9.42. The van der Waals surface area contributed by atoms with Gasteiger partial charge in [-0.15, -0.1) is 0 Å². The average molecular weight is 371 g/mol. The zero-order valence-corrected chi connectivity index (χ0v) is 17.0. The van der Waals surface area contributed by atoms with E-state index in [1.54, 1.807) is 0 Å². The molecule has 4 nitrogen and oxygen atoms in total. The van der Waals surface area contributed by atoms with E-state index in [1.165, 1.54) is 5.56 Å². The van der Waals surface area contributed by atoms with E-state index in [-0.39, 0.29) is 17.4 Å². The fraction of sp³-hybridized carbons (Fsp3) is 0.696. The van der Waals surface area contributed by atoms with Gasteiger partial charge < -0.3 is 14.9 Å². The summed E-state index contributed by atoms with van der Waals surface area (Å²) < 4.78 is 0. The standard InChI is InChI=1S/C23H34N2O2/c1-24(2)9-10-25(3)21(26)15-23(18-7-5-4-6-8-18)19-11-16-12-20(23)14-17(13-19)22(16)27/h4-8,16-17,19-20,22,27H,9-15H2,1-3H3. The third-order valence-corrected chi connectivity index (χ3v) is 7.84. The number of amides is 1. The molecule has 0 aliphatic heterocycles. The van der Waals surface area contributed by atoms with Crippen molar-refractivity contribution in [3.63, 3.8) is 0 Å². The molecule has 0 aromatic heterocycles. The van der Waals surface area contributed by atoms with Gasteiger partial charge in [-0.05, 0) is 69.0 Å². The minimum absolute atomic E-state index is 0.0438. The Labute approximate surface area is 163 Å². The van der Waals surface area contributed by atoms with Gasteiger partial charge in [0.15, 0.2) is 0 Å². The van der Waals surface area contributed by atoms with Crippen LogP contribution in [0.1, 0.15) is 37.7 Å². The van der Waals surface area contributed by atoms with Crippen molar-refractivity contribution in [2.24, 2.45) is 23.7 Å².